The third-order valence-electron chi connectivity index (χ3n) is 6.06. The molecule has 5 atom stereocenters. The first-order valence-corrected chi connectivity index (χ1v) is 12.2. The van der Waals surface area contributed by atoms with Gasteiger partial charge >= 0.3 is 0 Å². The molecule has 0 saturated carbocycles. The summed E-state index contributed by atoms with van der Waals surface area (Å²) in [5.41, 5.74) is 9.50. The van der Waals surface area contributed by atoms with Gasteiger partial charge in [0.05, 0.1) is 32.5 Å². The molecule has 3 aromatic carbocycles. The fourth-order valence-corrected chi connectivity index (χ4v) is 4.30. The van der Waals surface area contributed by atoms with Crippen LogP contribution in [-0.2, 0) is 43.6 Å². The molecule has 0 aliphatic carbocycles. The second kappa shape index (κ2) is 13.3. The van der Waals surface area contributed by atoms with E-state index in [9.17, 15) is 4.79 Å². The maximum atomic E-state index is 12.0. The summed E-state index contributed by atoms with van der Waals surface area (Å²) in [5.74, 6) is -0.215. The van der Waals surface area contributed by atoms with Crippen molar-refractivity contribution in [1.29, 1.82) is 0 Å². The highest BCUT2D eigenvalue weighted by Crippen LogP contribution is 2.27. The molecule has 190 valence electrons. The van der Waals surface area contributed by atoms with Crippen molar-refractivity contribution in [3.05, 3.63) is 108 Å². The Kier molecular flexibility index (Phi) is 9.61. The van der Waals surface area contributed by atoms with Crippen LogP contribution in [-0.4, -0.2) is 43.1 Å². The van der Waals surface area contributed by atoms with Gasteiger partial charge in [-0.25, -0.2) is 0 Å². The first kappa shape index (κ1) is 26.0. The molecule has 0 spiro atoms. The van der Waals surface area contributed by atoms with Crippen molar-refractivity contribution in [1.82, 2.24) is 5.32 Å². The molecule has 0 aromatic heterocycles. The molecule has 0 bridgehead atoms. The van der Waals surface area contributed by atoms with E-state index >= 15 is 0 Å². The van der Waals surface area contributed by atoms with Gasteiger partial charge in [-0.3, -0.25) is 4.79 Å². The highest BCUT2D eigenvalue weighted by molar-refractivity contribution is 5.73. The SMILES string of the molecule is CC(=O)N[C@@H]1[C@@H](OCc2ccccc2)[C@H](OCc2ccccc2)[C@@H](COCc2ccccc2)O[C@H]1N. The number of nitrogens with one attached hydrogen (secondary N) is 1. The van der Waals surface area contributed by atoms with Gasteiger partial charge < -0.3 is 30.0 Å². The molecule has 1 aliphatic rings. The molecule has 1 fully saturated rings. The van der Waals surface area contributed by atoms with Crippen molar-refractivity contribution < 1.29 is 23.7 Å². The predicted molar refractivity (Wildman–Crippen MR) is 137 cm³/mol. The zero-order valence-corrected chi connectivity index (χ0v) is 20.5. The van der Waals surface area contributed by atoms with Gasteiger partial charge in [0.2, 0.25) is 5.91 Å². The molecule has 1 heterocycles. The molecule has 0 radical (unpaired) electrons. The summed E-state index contributed by atoms with van der Waals surface area (Å²) >= 11 is 0. The van der Waals surface area contributed by atoms with E-state index in [1.165, 1.54) is 6.92 Å². The summed E-state index contributed by atoms with van der Waals surface area (Å²) in [6.45, 7) is 2.86. The van der Waals surface area contributed by atoms with Gasteiger partial charge in [0.15, 0.2) is 0 Å². The van der Waals surface area contributed by atoms with Crippen molar-refractivity contribution >= 4 is 5.91 Å². The summed E-state index contributed by atoms with van der Waals surface area (Å²) in [7, 11) is 0. The maximum absolute atomic E-state index is 12.0. The van der Waals surface area contributed by atoms with Crippen molar-refractivity contribution in [2.24, 2.45) is 5.73 Å². The minimum atomic E-state index is -0.781. The van der Waals surface area contributed by atoms with E-state index in [0.29, 0.717) is 19.8 Å². The van der Waals surface area contributed by atoms with E-state index in [-0.39, 0.29) is 12.5 Å². The van der Waals surface area contributed by atoms with Crippen LogP contribution in [0, 0.1) is 0 Å². The third kappa shape index (κ3) is 7.46. The van der Waals surface area contributed by atoms with E-state index in [4.69, 9.17) is 24.7 Å². The van der Waals surface area contributed by atoms with Crippen molar-refractivity contribution in [3.63, 3.8) is 0 Å². The Bertz CT molecular complexity index is 1050. The van der Waals surface area contributed by atoms with E-state index in [1.807, 2.05) is 91.0 Å². The number of hydrogen-bond donors (Lipinski definition) is 2. The largest absolute Gasteiger partial charge is 0.374 e. The van der Waals surface area contributed by atoms with Crippen LogP contribution in [0.4, 0.5) is 0 Å². The number of hydrogen-bond acceptors (Lipinski definition) is 6. The zero-order valence-electron chi connectivity index (χ0n) is 20.5. The normalized spacial score (nSPS) is 23.8. The Hall–Kier alpha value is -3.07. The lowest BCUT2D eigenvalue weighted by Gasteiger charge is -2.45. The van der Waals surface area contributed by atoms with E-state index in [1.54, 1.807) is 0 Å². The molecule has 4 rings (SSSR count). The molecule has 3 aromatic rings. The fourth-order valence-electron chi connectivity index (χ4n) is 4.30. The first-order chi connectivity index (χ1) is 17.6. The number of ether oxygens (including phenoxy) is 4. The molecule has 1 saturated heterocycles. The van der Waals surface area contributed by atoms with Gasteiger partial charge in [-0.1, -0.05) is 91.0 Å². The minimum Gasteiger partial charge on any atom is -0.374 e. The number of nitrogens with two attached hydrogens (primary N) is 1. The summed E-state index contributed by atoms with van der Waals surface area (Å²) in [6.07, 6.45) is -2.34. The number of benzene rings is 3. The predicted octanol–water partition coefficient (Wildman–Crippen LogP) is 3.56. The van der Waals surface area contributed by atoms with E-state index in [2.05, 4.69) is 5.32 Å². The van der Waals surface area contributed by atoms with Crippen LogP contribution in [0.3, 0.4) is 0 Å². The molecular formula is C29H34N2O5. The average Bonchev–Trinajstić information content (AvgIpc) is 2.90. The second-order valence-corrected chi connectivity index (χ2v) is 8.89. The van der Waals surface area contributed by atoms with Crippen molar-refractivity contribution in [2.45, 2.75) is 57.3 Å². The lowest BCUT2D eigenvalue weighted by atomic mass is 9.95. The highest BCUT2D eigenvalue weighted by atomic mass is 16.6. The Morgan fingerprint density at radius 3 is 1.75 bits per heavy atom. The fraction of sp³-hybridized carbons (Fsp3) is 0.345. The van der Waals surface area contributed by atoms with Crippen LogP contribution in [0.5, 0.6) is 0 Å². The summed E-state index contributed by atoms with van der Waals surface area (Å²) in [5, 5.41) is 2.91. The highest BCUT2D eigenvalue weighted by Gasteiger charge is 2.46. The monoisotopic (exact) mass is 490 g/mol. The first-order valence-electron chi connectivity index (χ1n) is 12.2. The lowest BCUT2D eigenvalue weighted by molar-refractivity contribution is -0.231. The Morgan fingerprint density at radius 1 is 0.778 bits per heavy atom. The van der Waals surface area contributed by atoms with Gasteiger partial charge in [-0.2, -0.15) is 0 Å². The molecule has 3 N–H and O–H groups in total. The van der Waals surface area contributed by atoms with E-state index in [0.717, 1.165) is 16.7 Å². The molecular weight excluding hydrogens is 456 g/mol. The molecule has 0 unspecified atom stereocenters. The Labute approximate surface area is 212 Å². The molecule has 36 heavy (non-hydrogen) atoms. The number of carbonyl (C=O) groups is 1. The Morgan fingerprint density at radius 2 is 1.25 bits per heavy atom. The summed E-state index contributed by atoms with van der Waals surface area (Å²) in [6, 6.07) is 29.1. The number of amides is 1. The van der Waals surface area contributed by atoms with Gasteiger partial charge in [0.1, 0.15) is 24.5 Å². The van der Waals surface area contributed by atoms with Crippen LogP contribution < -0.4 is 11.1 Å². The Balaban J connectivity index is 1.53. The van der Waals surface area contributed by atoms with Gasteiger partial charge in [0, 0.05) is 6.92 Å². The number of rotatable bonds is 11. The summed E-state index contributed by atoms with van der Waals surface area (Å²) < 4.78 is 25.0. The van der Waals surface area contributed by atoms with Crippen LogP contribution in [0.25, 0.3) is 0 Å². The molecule has 1 aliphatic heterocycles. The van der Waals surface area contributed by atoms with Gasteiger partial charge in [-0.05, 0) is 16.7 Å². The van der Waals surface area contributed by atoms with Crippen molar-refractivity contribution in [2.75, 3.05) is 6.61 Å². The quantitative estimate of drug-likeness (QED) is 0.427. The number of carbonyl (C=O) groups excluding carboxylic acids is 1. The third-order valence-corrected chi connectivity index (χ3v) is 6.06. The topological polar surface area (TPSA) is 92.0 Å². The zero-order chi connectivity index (χ0) is 25.2. The maximum Gasteiger partial charge on any atom is 0.217 e. The van der Waals surface area contributed by atoms with Crippen LogP contribution in [0.15, 0.2) is 91.0 Å². The smallest absolute Gasteiger partial charge is 0.217 e. The van der Waals surface area contributed by atoms with Crippen LogP contribution in [0.2, 0.25) is 0 Å². The van der Waals surface area contributed by atoms with Gasteiger partial charge in [-0.15, -0.1) is 0 Å². The second-order valence-electron chi connectivity index (χ2n) is 8.89. The molecule has 1 amide bonds. The lowest BCUT2D eigenvalue weighted by Crippen LogP contribution is -2.67. The van der Waals surface area contributed by atoms with Crippen LogP contribution in [0.1, 0.15) is 23.6 Å². The standard InChI is InChI=1S/C29H34N2O5/c1-21(32)31-26-28(35-19-24-15-9-4-10-16-24)27(34-18-23-13-7-3-8-14-23)25(36-29(26)30)20-33-17-22-11-5-2-6-12-22/h2-16,25-29H,17-20,30H2,1H3,(H,31,32)/t25-,26-,27-,28-,29-/m1/s1. The van der Waals surface area contributed by atoms with E-state index < -0.39 is 30.6 Å². The molecule has 7 heteroatoms. The summed E-state index contributed by atoms with van der Waals surface area (Å²) in [4.78, 5) is 12.0. The van der Waals surface area contributed by atoms with Gasteiger partial charge in [0.25, 0.3) is 0 Å². The van der Waals surface area contributed by atoms with Crippen molar-refractivity contribution in [3.8, 4) is 0 Å². The molecule has 7 nitrogen and oxygen atoms in total. The minimum absolute atomic E-state index is 0.215. The average molecular weight is 491 g/mol. The van der Waals surface area contributed by atoms with Crippen LogP contribution >= 0.6 is 0 Å².